The van der Waals surface area contributed by atoms with Gasteiger partial charge in [0.1, 0.15) is 11.5 Å². The molecular weight excluding hydrogens is 376 g/mol. The van der Waals surface area contributed by atoms with Gasteiger partial charge in [-0.1, -0.05) is 127 Å². The van der Waals surface area contributed by atoms with Crippen LogP contribution in [0, 0.1) is 0 Å². The quantitative estimate of drug-likeness (QED) is 0.271. The van der Waals surface area contributed by atoms with Gasteiger partial charge in [0.25, 0.3) is 0 Å². The van der Waals surface area contributed by atoms with Gasteiger partial charge in [-0.3, -0.25) is 0 Å². The van der Waals surface area contributed by atoms with Crippen LogP contribution >= 0.6 is 0 Å². The lowest BCUT2D eigenvalue weighted by Crippen LogP contribution is -1.78. The van der Waals surface area contributed by atoms with Crippen molar-refractivity contribution in [2.24, 2.45) is 0 Å². The van der Waals surface area contributed by atoms with E-state index in [0.717, 1.165) is 39.3 Å². The first-order chi connectivity index (χ1) is 15.4. The monoisotopic (exact) mass is 398 g/mol. The maximum absolute atomic E-state index is 6.39. The van der Waals surface area contributed by atoms with Crippen LogP contribution < -0.4 is 0 Å². The normalized spacial score (nSPS) is 11.1. The fraction of sp³-hybridized carbons (Fsp3) is 0. The van der Waals surface area contributed by atoms with Crippen molar-refractivity contribution in [3.63, 3.8) is 0 Å². The topological polar surface area (TPSA) is 13.1 Å². The largest absolute Gasteiger partial charge is 0.455 e. The summed E-state index contributed by atoms with van der Waals surface area (Å²) in [4.78, 5) is 0. The number of furan rings is 1. The standard InChI is InChI=1S/C30H22O/c1-4-10-23(11-5-1)16-17-24-18-20-26(21-19-24)29-22-28(25-12-6-2-7-13-25)30(31-29)27-14-8-3-9-15-27/h1-22H. The second-order valence-electron chi connectivity index (χ2n) is 7.45. The third-order valence-corrected chi connectivity index (χ3v) is 5.32. The zero-order valence-electron chi connectivity index (χ0n) is 17.1. The van der Waals surface area contributed by atoms with Gasteiger partial charge >= 0.3 is 0 Å². The van der Waals surface area contributed by atoms with Crippen LogP contribution in [-0.4, -0.2) is 0 Å². The maximum atomic E-state index is 6.39. The smallest absolute Gasteiger partial charge is 0.142 e. The Morgan fingerprint density at radius 1 is 0.452 bits per heavy atom. The minimum absolute atomic E-state index is 0.872. The van der Waals surface area contributed by atoms with E-state index in [2.05, 4.69) is 91.0 Å². The number of rotatable bonds is 5. The molecule has 1 nitrogen and oxygen atoms in total. The molecule has 0 bridgehead atoms. The van der Waals surface area contributed by atoms with Crippen LogP contribution in [0.15, 0.2) is 126 Å². The summed E-state index contributed by atoms with van der Waals surface area (Å²) >= 11 is 0. The predicted molar refractivity (Wildman–Crippen MR) is 130 cm³/mol. The molecule has 1 heteroatoms. The summed E-state index contributed by atoms with van der Waals surface area (Å²) in [5, 5.41) is 0. The first-order valence-corrected chi connectivity index (χ1v) is 10.4. The summed E-state index contributed by atoms with van der Waals surface area (Å²) in [6.45, 7) is 0. The van der Waals surface area contributed by atoms with E-state index in [1.165, 1.54) is 5.56 Å². The lowest BCUT2D eigenvalue weighted by Gasteiger charge is -2.02. The summed E-state index contributed by atoms with van der Waals surface area (Å²) in [5.41, 5.74) is 6.75. The van der Waals surface area contributed by atoms with Gasteiger partial charge in [-0.25, -0.2) is 0 Å². The third-order valence-electron chi connectivity index (χ3n) is 5.32. The molecule has 5 rings (SSSR count). The molecule has 0 fully saturated rings. The summed E-state index contributed by atoms with van der Waals surface area (Å²) in [6, 6.07) is 41.7. The Labute approximate surface area is 182 Å². The van der Waals surface area contributed by atoms with Gasteiger partial charge in [-0.05, 0) is 22.8 Å². The molecule has 31 heavy (non-hydrogen) atoms. The lowest BCUT2D eigenvalue weighted by molar-refractivity contribution is 0.598. The first kappa shape index (κ1) is 18.9. The average Bonchev–Trinajstić information content (AvgIpc) is 3.30. The highest BCUT2D eigenvalue weighted by molar-refractivity contribution is 5.84. The van der Waals surface area contributed by atoms with E-state index in [1.54, 1.807) is 0 Å². The van der Waals surface area contributed by atoms with Crippen molar-refractivity contribution in [3.8, 4) is 33.8 Å². The van der Waals surface area contributed by atoms with Crippen molar-refractivity contribution in [1.29, 1.82) is 0 Å². The van der Waals surface area contributed by atoms with E-state index in [9.17, 15) is 0 Å². The van der Waals surface area contributed by atoms with Crippen LogP contribution in [0.25, 0.3) is 45.9 Å². The van der Waals surface area contributed by atoms with Gasteiger partial charge in [0.2, 0.25) is 0 Å². The predicted octanol–water partition coefficient (Wildman–Crippen LogP) is 8.45. The number of hydrogen-bond donors (Lipinski definition) is 0. The number of hydrogen-bond acceptors (Lipinski definition) is 1. The highest BCUT2D eigenvalue weighted by atomic mass is 16.3. The lowest BCUT2D eigenvalue weighted by atomic mass is 10.0. The minimum Gasteiger partial charge on any atom is -0.455 e. The van der Waals surface area contributed by atoms with Crippen molar-refractivity contribution in [2.75, 3.05) is 0 Å². The molecule has 148 valence electrons. The zero-order chi connectivity index (χ0) is 20.9. The molecule has 4 aromatic carbocycles. The molecule has 1 aromatic heterocycles. The molecule has 0 amide bonds. The van der Waals surface area contributed by atoms with Crippen LogP contribution in [0.2, 0.25) is 0 Å². The zero-order valence-corrected chi connectivity index (χ0v) is 17.1. The van der Waals surface area contributed by atoms with Gasteiger partial charge in [0.05, 0.1) is 0 Å². The molecular formula is C30H22O. The Balaban J connectivity index is 1.49. The Morgan fingerprint density at radius 3 is 1.58 bits per heavy atom. The molecule has 1 heterocycles. The SMILES string of the molecule is C(=Cc1ccc(-c2cc(-c3ccccc3)c(-c3ccccc3)o2)cc1)c1ccccc1. The molecule has 0 radical (unpaired) electrons. The second-order valence-corrected chi connectivity index (χ2v) is 7.45. The van der Waals surface area contributed by atoms with Crippen molar-refractivity contribution < 1.29 is 4.42 Å². The van der Waals surface area contributed by atoms with Gasteiger partial charge in [0.15, 0.2) is 0 Å². The summed E-state index contributed by atoms with van der Waals surface area (Å²) in [7, 11) is 0. The van der Waals surface area contributed by atoms with Crippen molar-refractivity contribution in [2.45, 2.75) is 0 Å². The van der Waals surface area contributed by atoms with Crippen LogP contribution in [-0.2, 0) is 0 Å². The van der Waals surface area contributed by atoms with Crippen LogP contribution in [0.5, 0.6) is 0 Å². The summed E-state index contributed by atoms with van der Waals surface area (Å²) < 4.78 is 6.39. The van der Waals surface area contributed by atoms with Crippen LogP contribution in [0.4, 0.5) is 0 Å². The van der Waals surface area contributed by atoms with E-state index in [0.29, 0.717) is 0 Å². The third kappa shape index (κ3) is 4.26. The molecule has 0 spiro atoms. The molecule has 0 saturated carbocycles. The van der Waals surface area contributed by atoms with Gasteiger partial charge < -0.3 is 4.42 Å². The summed E-state index contributed by atoms with van der Waals surface area (Å²) in [6.07, 6.45) is 4.26. The van der Waals surface area contributed by atoms with Crippen molar-refractivity contribution in [1.82, 2.24) is 0 Å². The van der Waals surface area contributed by atoms with Crippen molar-refractivity contribution in [3.05, 3.63) is 132 Å². The van der Waals surface area contributed by atoms with E-state index >= 15 is 0 Å². The molecule has 0 aliphatic rings. The molecule has 5 aromatic rings. The van der Waals surface area contributed by atoms with Crippen LogP contribution in [0.1, 0.15) is 11.1 Å². The van der Waals surface area contributed by atoms with E-state index in [1.807, 2.05) is 42.5 Å². The van der Waals surface area contributed by atoms with E-state index < -0.39 is 0 Å². The van der Waals surface area contributed by atoms with Gasteiger partial charge in [-0.2, -0.15) is 0 Å². The van der Waals surface area contributed by atoms with Crippen LogP contribution in [0.3, 0.4) is 0 Å². The highest BCUT2D eigenvalue weighted by Crippen LogP contribution is 2.38. The fourth-order valence-corrected chi connectivity index (χ4v) is 3.68. The Hall–Kier alpha value is -4.10. The van der Waals surface area contributed by atoms with Gasteiger partial charge in [0, 0.05) is 16.7 Å². The van der Waals surface area contributed by atoms with E-state index in [4.69, 9.17) is 4.42 Å². The van der Waals surface area contributed by atoms with Gasteiger partial charge in [-0.15, -0.1) is 0 Å². The van der Waals surface area contributed by atoms with Crippen molar-refractivity contribution >= 4 is 12.2 Å². The molecule has 0 atom stereocenters. The fourth-order valence-electron chi connectivity index (χ4n) is 3.68. The minimum atomic E-state index is 0.872. The molecule has 0 aliphatic carbocycles. The number of benzene rings is 4. The summed E-state index contributed by atoms with van der Waals surface area (Å²) in [5.74, 6) is 1.77. The average molecular weight is 399 g/mol. The van der Waals surface area contributed by atoms with E-state index in [-0.39, 0.29) is 0 Å². The maximum Gasteiger partial charge on any atom is 0.142 e. The molecule has 0 N–H and O–H groups in total. The Morgan fingerprint density at radius 2 is 0.968 bits per heavy atom. The first-order valence-electron chi connectivity index (χ1n) is 10.4. The Bertz CT molecular complexity index is 1220. The second kappa shape index (κ2) is 8.73. The molecule has 0 saturated heterocycles. The molecule has 0 unspecified atom stereocenters. The highest BCUT2D eigenvalue weighted by Gasteiger charge is 2.15. The molecule has 0 aliphatic heterocycles. The Kier molecular flexibility index (Phi) is 5.32.